The number of nitrogens with zero attached hydrogens (tertiary/aromatic N) is 3. The van der Waals surface area contributed by atoms with Gasteiger partial charge in [-0.05, 0) is 42.5 Å². The Hall–Kier alpha value is -2.84. The summed E-state index contributed by atoms with van der Waals surface area (Å²) in [7, 11) is 1.84. The number of aromatic nitrogens is 3. The minimum Gasteiger partial charge on any atom is -0.342 e. The fourth-order valence-electron chi connectivity index (χ4n) is 3.60. The summed E-state index contributed by atoms with van der Waals surface area (Å²) < 4.78 is 1.83. The average Bonchev–Trinajstić information content (AvgIpc) is 3.17. The first-order valence-electron chi connectivity index (χ1n) is 11.2. The van der Waals surface area contributed by atoms with E-state index in [0.717, 1.165) is 17.7 Å². The number of para-hydroxylation sites is 1. The smallest absolute Gasteiger partial charge is 0.253 e. The summed E-state index contributed by atoms with van der Waals surface area (Å²) in [5.74, 6) is 0.774. The molecule has 2 N–H and O–H groups in total. The van der Waals surface area contributed by atoms with Gasteiger partial charge < -0.3 is 15.2 Å². The van der Waals surface area contributed by atoms with E-state index in [1.165, 1.54) is 11.8 Å². The molecule has 2 aromatic carbocycles. The van der Waals surface area contributed by atoms with Crippen LogP contribution < -0.4 is 10.6 Å². The van der Waals surface area contributed by atoms with E-state index in [0.29, 0.717) is 33.9 Å². The van der Waals surface area contributed by atoms with Crippen LogP contribution in [0.3, 0.4) is 0 Å². The average molecular weight is 500 g/mol. The van der Waals surface area contributed by atoms with E-state index in [1.807, 2.05) is 35.9 Å². The molecule has 0 aliphatic carbocycles. The normalized spacial score (nSPS) is 11.9. The maximum atomic E-state index is 12.9. The number of nitrogens with one attached hydrogen (secondary N) is 2. The molecular formula is C25H30ClN5O2S. The standard InChI is InChI=1S/C25H30ClN5O2S/c1-5-17-10-6-9-13-20(17)27-22(32)15-34-25-30-29-23(31(25)4)21(14-16(2)3)28-24(33)18-11-7-8-12-19(18)26/h6-13,16,21H,5,14-15H2,1-4H3,(H,27,32)(H,28,33)/t21-/m0/s1. The molecule has 0 spiro atoms. The molecule has 0 fully saturated rings. The topological polar surface area (TPSA) is 88.9 Å². The lowest BCUT2D eigenvalue weighted by molar-refractivity contribution is -0.113. The van der Waals surface area contributed by atoms with Crippen LogP contribution in [0.5, 0.6) is 0 Å². The van der Waals surface area contributed by atoms with E-state index in [-0.39, 0.29) is 23.6 Å². The van der Waals surface area contributed by atoms with Gasteiger partial charge in [0.15, 0.2) is 11.0 Å². The number of benzene rings is 2. The number of amides is 2. The van der Waals surface area contributed by atoms with Crippen LogP contribution in [0.25, 0.3) is 0 Å². The maximum absolute atomic E-state index is 12.9. The van der Waals surface area contributed by atoms with Crippen molar-refractivity contribution < 1.29 is 9.59 Å². The molecule has 3 aromatic rings. The number of carbonyl (C=O) groups is 2. The largest absolute Gasteiger partial charge is 0.342 e. The van der Waals surface area contributed by atoms with Crippen molar-refractivity contribution in [2.75, 3.05) is 11.1 Å². The third-order valence-corrected chi connectivity index (χ3v) is 6.67. The van der Waals surface area contributed by atoms with Crippen molar-refractivity contribution in [1.82, 2.24) is 20.1 Å². The monoisotopic (exact) mass is 499 g/mol. The van der Waals surface area contributed by atoms with E-state index in [1.54, 1.807) is 24.3 Å². The van der Waals surface area contributed by atoms with Crippen LogP contribution in [0.4, 0.5) is 5.69 Å². The summed E-state index contributed by atoms with van der Waals surface area (Å²) in [6.45, 7) is 6.22. The van der Waals surface area contributed by atoms with E-state index >= 15 is 0 Å². The lowest BCUT2D eigenvalue weighted by atomic mass is 10.0. The Kier molecular flexibility index (Phi) is 9.12. The summed E-state index contributed by atoms with van der Waals surface area (Å²) in [4.78, 5) is 25.4. The van der Waals surface area contributed by atoms with Crippen LogP contribution in [0.1, 0.15) is 55.0 Å². The molecule has 9 heteroatoms. The van der Waals surface area contributed by atoms with Crippen molar-refractivity contribution in [3.05, 3.63) is 70.5 Å². The molecule has 2 amide bonds. The molecule has 0 saturated carbocycles. The zero-order valence-electron chi connectivity index (χ0n) is 19.8. The van der Waals surface area contributed by atoms with Gasteiger partial charge in [0.1, 0.15) is 0 Å². The van der Waals surface area contributed by atoms with Crippen LogP contribution >= 0.6 is 23.4 Å². The number of carbonyl (C=O) groups excluding carboxylic acids is 2. The fraction of sp³-hybridized carbons (Fsp3) is 0.360. The zero-order chi connectivity index (χ0) is 24.7. The second kappa shape index (κ2) is 12.0. The van der Waals surface area contributed by atoms with Crippen LogP contribution in [-0.2, 0) is 18.3 Å². The first-order chi connectivity index (χ1) is 16.3. The Morgan fingerprint density at radius 2 is 1.79 bits per heavy atom. The summed E-state index contributed by atoms with van der Waals surface area (Å²) in [5.41, 5.74) is 2.33. The van der Waals surface area contributed by atoms with Gasteiger partial charge in [-0.3, -0.25) is 9.59 Å². The summed E-state index contributed by atoms with van der Waals surface area (Å²) in [6.07, 6.45) is 1.52. The molecule has 0 saturated heterocycles. The van der Waals surface area contributed by atoms with Crippen molar-refractivity contribution in [1.29, 1.82) is 0 Å². The highest BCUT2D eigenvalue weighted by Crippen LogP contribution is 2.25. The third-order valence-electron chi connectivity index (χ3n) is 5.32. The third kappa shape index (κ3) is 6.61. The van der Waals surface area contributed by atoms with Gasteiger partial charge in [0.25, 0.3) is 5.91 Å². The molecule has 0 aliphatic heterocycles. The van der Waals surface area contributed by atoms with Gasteiger partial charge in [-0.1, -0.05) is 74.5 Å². The van der Waals surface area contributed by atoms with Gasteiger partial charge in [-0.25, -0.2) is 0 Å². The first kappa shape index (κ1) is 25.8. The summed E-state index contributed by atoms with van der Waals surface area (Å²) in [5, 5.41) is 15.6. The minimum atomic E-state index is -0.346. The number of hydrogen-bond donors (Lipinski definition) is 2. The van der Waals surface area contributed by atoms with Crippen LogP contribution in [0.2, 0.25) is 5.02 Å². The predicted octanol–water partition coefficient (Wildman–Crippen LogP) is 5.28. The maximum Gasteiger partial charge on any atom is 0.253 e. The number of thioether (sulfide) groups is 1. The number of anilines is 1. The molecule has 34 heavy (non-hydrogen) atoms. The Morgan fingerprint density at radius 1 is 1.09 bits per heavy atom. The lowest BCUT2D eigenvalue weighted by Gasteiger charge is -2.20. The van der Waals surface area contributed by atoms with Gasteiger partial charge in [0.05, 0.1) is 22.4 Å². The molecule has 1 aromatic heterocycles. The highest BCUT2D eigenvalue weighted by Gasteiger charge is 2.24. The van der Waals surface area contributed by atoms with Crippen molar-refractivity contribution in [2.45, 2.75) is 44.8 Å². The molecule has 7 nitrogen and oxygen atoms in total. The first-order valence-corrected chi connectivity index (χ1v) is 12.6. The second-order valence-corrected chi connectivity index (χ2v) is 9.73. The Labute approximate surface area is 209 Å². The zero-order valence-corrected chi connectivity index (χ0v) is 21.4. The molecule has 0 aliphatic rings. The molecule has 0 bridgehead atoms. The van der Waals surface area contributed by atoms with Crippen LogP contribution in [0, 0.1) is 5.92 Å². The molecular weight excluding hydrogens is 470 g/mol. The fourth-order valence-corrected chi connectivity index (χ4v) is 4.54. The minimum absolute atomic E-state index is 0.110. The molecule has 3 rings (SSSR count). The molecule has 180 valence electrons. The van der Waals surface area contributed by atoms with Gasteiger partial charge in [-0.15, -0.1) is 10.2 Å². The molecule has 1 heterocycles. The van der Waals surface area contributed by atoms with Crippen molar-refractivity contribution in [3.63, 3.8) is 0 Å². The van der Waals surface area contributed by atoms with E-state index in [4.69, 9.17) is 11.6 Å². The molecule has 0 radical (unpaired) electrons. The second-order valence-electron chi connectivity index (χ2n) is 8.38. The quantitative estimate of drug-likeness (QED) is 0.370. The number of rotatable bonds is 10. The summed E-state index contributed by atoms with van der Waals surface area (Å²) in [6, 6.07) is 14.4. The SMILES string of the molecule is CCc1ccccc1NC(=O)CSc1nnc([C@H](CC(C)C)NC(=O)c2ccccc2Cl)n1C. The van der Waals surface area contributed by atoms with E-state index < -0.39 is 0 Å². The van der Waals surface area contributed by atoms with E-state index in [9.17, 15) is 9.59 Å². The highest BCUT2D eigenvalue weighted by atomic mass is 35.5. The summed E-state index contributed by atoms with van der Waals surface area (Å²) >= 11 is 7.51. The number of aryl methyl sites for hydroxylation is 1. The van der Waals surface area contributed by atoms with Crippen LogP contribution in [-0.4, -0.2) is 32.3 Å². The number of hydrogen-bond acceptors (Lipinski definition) is 5. The molecule has 1 atom stereocenters. The Balaban J connectivity index is 1.69. The van der Waals surface area contributed by atoms with Crippen molar-refractivity contribution in [2.24, 2.45) is 13.0 Å². The van der Waals surface area contributed by atoms with Crippen LogP contribution in [0.15, 0.2) is 53.7 Å². The molecule has 0 unspecified atom stereocenters. The van der Waals surface area contributed by atoms with Gasteiger partial charge >= 0.3 is 0 Å². The van der Waals surface area contributed by atoms with Gasteiger partial charge in [-0.2, -0.15) is 0 Å². The van der Waals surface area contributed by atoms with E-state index in [2.05, 4.69) is 41.6 Å². The van der Waals surface area contributed by atoms with Gasteiger partial charge in [0.2, 0.25) is 5.91 Å². The predicted molar refractivity (Wildman–Crippen MR) is 137 cm³/mol. The Morgan fingerprint density at radius 3 is 2.50 bits per heavy atom. The van der Waals surface area contributed by atoms with Crippen molar-refractivity contribution >= 4 is 40.9 Å². The van der Waals surface area contributed by atoms with Crippen molar-refractivity contribution in [3.8, 4) is 0 Å². The number of halogens is 1. The lowest BCUT2D eigenvalue weighted by Crippen LogP contribution is -2.31. The Bertz CT molecular complexity index is 1150. The van der Waals surface area contributed by atoms with Gasteiger partial charge in [0, 0.05) is 12.7 Å². The highest BCUT2D eigenvalue weighted by molar-refractivity contribution is 7.99.